The normalized spacial score (nSPS) is 14.6. The summed E-state index contributed by atoms with van der Waals surface area (Å²) in [4.78, 5) is 68.8. The number of carbonyl (C=O) groups is 6. The molecule has 55 heavy (non-hydrogen) atoms. The van der Waals surface area contributed by atoms with Gasteiger partial charge in [-0.2, -0.15) is 35.1 Å². The van der Waals surface area contributed by atoms with E-state index in [2.05, 4.69) is 18.9 Å². The monoisotopic (exact) mass is 816 g/mol. The summed E-state index contributed by atoms with van der Waals surface area (Å²) in [7, 11) is 0. The van der Waals surface area contributed by atoms with Crippen molar-refractivity contribution in [3.63, 3.8) is 0 Å². The van der Waals surface area contributed by atoms with Crippen LogP contribution in [0.2, 0.25) is 0 Å². The van der Waals surface area contributed by atoms with E-state index < -0.39 is 122 Å². The van der Waals surface area contributed by atoms with Gasteiger partial charge in [0.2, 0.25) is 0 Å². The fourth-order valence-corrected chi connectivity index (χ4v) is 4.00. The lowest BCUT2D eigenvalue weighted by Crippen LogP contribution is -2.43. The third kappa shape index (κ3) is 18.2. The fraction of sp³-hybridized carbons (Fsp3) is 0.829. The Morgan fingerprint density at radius 2 is 0.818 bits per heavy atom. The number of rotatable bonds is 20. The van der Waals surface area contributed by atoms with E-state index in [4.69, 9.17) is 9.47 Å². The van der Waals surface area contributed by atoms with Crippen LogP contribution in [0.1, 0.15) is 113 Å². The average Bonchev–Trinajstić information content (AvgIpc) is 3.07. The van der Waals surface area contributed by atoms with E-state index in [0.29, 0.717) is 38.5 Å². The minimum atomic E-state index is -4.62. The number of carbonyl (C=O) groups excluding carboxylic acids is 6. The standard InChI is InChI=1S/C19H28F4O6.C16H24F4O6/c1-4-17(2,3)14(24)27-10-11-28-15(25)18(20,21)12-19(22,23)16(26)29-13-8-6-5-7-9-13;1-6-14(4,5)11(21)24-7-8-25-12(22)15(17,18)9-16(19,20)13(23)26-10(2)3/h13H,4-12H2,1-3H3;10H,6-9H2,1-5H3. The van der Waals surface area contributed by atoms with Crippen molar-refractivity contribution in [2.24, 2.45) is 10.8 Å². The lowest BCUT2D eigenvalue weighted by atomic mass is 9.91. The Morgan fingerprint density at radius 3 is 1.15 bits per heavy atom. The van der Waals surface area contributed by atoms with E-state index in [0.717, 1.165) is 6.42 Å². The van der Waals surface area contributed by atoms with Gasteiger partial charge in [-0.1, -0.05) is 20.3 Å². The summed E-state index contributed by atoms with van der Waals surface area (Å²) in [5.41, 5.74) is -1.60. The quantitative estimate of drug-likeness (QED) is 0.0529. The first kappa shape index (κ1) is 51.3. The molecule has 0 aromatic rings. The number of hydrogen-bond acceptors (Lipinski definition) is 12. The van der Waals surface area contributed by atoms with Gasteiger partial charge < -0.3 is 28.4 Å². The summed E-state index contributed by atoms with van der Waals surface area (Å²) in [5, 5.41) is 0. The number of esters is 6. The van der Waals surface area contributed by atoms with Crippen LogP contribution in [0.5, 0.6) is 0 Å². The molecule has 0 aromatic carbocycles. The van der Waals surface area contributed by atoms with Gasteiger partial charge in [0.1, 0.15) is 32.5 Å². The number of hydrogen-bond donors (Lipinski definition) is 0. The summed E-state index contributed by atoms with van der Waals surface area (Å²) in [6.07, 6.45) is -2.39. The van der Waals surface area contributed by atoms with Crippen molar-refractivity contribution >= 4 is 35.8 Å². The van der Waals surface area contributed by atoms with Gasteiger partial charge in [-0.05, 0) is 80.1 Å². The van der Waals surface area contributed by atoms with Crippen LogP contribution in [0.15, 0.2) is 0 Å². The Bertz CT molecular complexity index is 1300. The van der Waals surface area contributed by atoms with Gasteiger partial charge in [0, 0.05) is 0 Å². The fourth-order valence-electron chi connectivity index (χ4n) is 4.00. The molecule has 1 saturated carbocycles. The molecular formula is C35H52F8O12. The van der Waals surface area contributed by atoms with Crippen molar-refractivity contribution in [1.29, 1.82) is 0 Å². The van der Waals surface area contributed by atoms with Crippen molar-refractivity contribution in [3.8, 4) is 0 Å². The summed E-state index contributed by atoms with van der Waals surface area (Å²) in [6, 6.07) is 0. The molecule has 0 aromatic heterocycles. The van der Waals surface area contributed by atoms with Crippen molar-refractivity contribution < 1.29 is 92.3 Å². The smallest absolute Gasteiger partial charge is 0.377 e. The van der Waals surface area contributed by atoms with Crippen LogP contribution in [0, 0.1) is 10.8 Å². The van der Waals surface area contributed by atoms with Gasteiger partial charge in [-0.15, -0.1) is 0 Å². The molecule has 320 valence electrons. The lowest BCUT2D eigenvalue weighted by Gasteiger charge is -2.25. The molecule has 0 spiro atoms. The zero-order valence-electron chi connectivity index (χ0n) is 32.3. The molecule has 1 aliphatic carbocycles. The first-order valence-electron chi connectivity index (χ1n) is 17.6. The van der Waals surface area contributed by atoms with Gasteiger partial charge in [0.15, 0.2) is 0 Å². The maximum absolute atomic E-state index is 13.9. The predicted octanol–water partition coefficient (Wildman–Crippen LogP) is 7.17. The first-order valence-corrected chi connectivity index (χ1v) is 17.6. The topological polar surface area (TPSA) is 158 Å². The molecule has 0 saturated heterocycles. The van der Waals surface area contributed by atoms with Gasteiger partial charge in [-0.25, -0.2) is 19.2 Å². The Kier molecular flexibility index (Phi) is 20.1. The molecule has 1 rings (SSSR count). The van der Waals surface area contributed by atoms with Crippen molar-refractivity contribution in [2.75, 3.05) is 26.4 Å². The highest BCUT2D eigenvalue weighted by Crippen LogP contribution is 2.35. The Hall–Kier alpha value is -3.74. The minimum absolute atomic E-state index is 0.397. The van der Waals surface area contributed by atoms with Crippen LogP contribution >= 0.6 is 0 Å². The Balaban J connectivity index is 0.00000107. The predicted molar refractivity (Wildman–Crippen MR) is 175 cm³/mol. The Labute approximate surface area is 314 Å². The molecule has 0 aliphatic heterocycles. The highest BCUT2D eigenvalue weighted by Gasteiger charge is 2.56. The van der Waals surface area contributed by atoms with E-state index in [1.807, 2.05) is 0 Å². The highest BCUT2D eigenvalue weighted by atomic mass is 19.3. The zero-order valence-corrected chi connectivity index (χ0v) is 32.3. The molecular weight excluding hydrogens is 764 g/mol. The second kappa shape index (κ2) is 21.5. The first-order chi connectivity index (χ1) is 25.0. The molecule has 0 unspecified atom stereocenters. The zero-order chi connectivity index (χ0) is 43.1. The van der Waals surface area contributed by atoms with Gasteiger partial charge >= 0.3 is 59.5 Å². The largest absolute Gasteiger partial charge is 0.462 e. The van der Waals surface area contributed by atoms with Crippen LogP contribution in [-0.2, 0) is 57.2 Å². The summed E-state index contributed by atoms with van der Waals surface area (Å²) in [6.45, 7) is 10.0. The maximum atomic E-state index is 13.9. The number of alkyl halides is 8. The molecule has 0 amide bonds. The van der Waals surface area contributed by atoms with Gasteiger partial charge in [0.25, 0.3) is 0 Å². The summed E-state index contributed by atoms with van der Waals surface area (Å²) < 4.78 is 136. The number of ether oxygens (including phenoxy) is 6. The van der Waals surface area contributed by atoms with Crippen LogP contribution in [0.4, 0.5) is 35.1 Å². The van der Waals surface area contributed by atoms with Crippen molar-refractivity contribution in [2.45, 2.75) is 149 Å². The molecule has 0 bridgehead atoms. The summed E-state index contributed by atoms with van der Waals surface area (Å²) in [5.74, 6) is -28.3. The van der Waals surface area contributed by atoms with Crippen LogP contribution in [-0.4, -0.2) is 98.1 Å². The third-order valence-electron chi connectivity index (χ3n) is 8.22. The molecule has 0 atom stereocenters. The average molecular weight is 817 g/mol. The molecule has 1 fully saturated rings. The van der Waals surface area contributed by atoms with E-state index in [1.54, 1.807) is 41.5 Å². The molecule has 0 radical (unpaired) electrons. The van der Waals surface area contributed by atoms with Gasteiger partial charge in [-0.3, -0.25) is 9.59 Å². The molecule has 0 N–H and O–H groups in total. The van der Waals surface area contributed by atoms with Crippen LogP contribution in [0.25, 0.3) is 0 Å². The van der Waals surface area contributed by atoms with Gasteiger partial charge in [0.05, 0.1) is 29.8 Å². The minimum Gasteiger partial charge on any atom is -0.462 e. The molecule has 12 nitrogen and oxygen atoms in total. The second-order valence-electron chi connectivity index (χ2n) is 14.3. The van der Waals surface area contributed by atoms with E-state index in [-0.39, 0.29) is 0 Å². The van der Waals surface area contributed by atoms with Crippen molar-refractivity contribution in [1.82, 2.24) is 0 Å². The second-order valence-corrected chi connectivity index (χ2v) is 14.3. The highest BCUT2D eigenvalue weighted by molar-refractivity contribution is 5.83. The maximum Gasteiger partial charge on any atom is 0.377 e. The van der Waals surface area contributed by atoms with E-state index in [1.165, 1.54) is 13.8 Å². The summed E-state index contributed by atoms with van der Waals surface area (Å²) >= 11 is 0. The SMILES string of the molecule is CCC(C)(C)C(=O)OCCOC(=O)C(F)(F)CC(F)(F)C(=O)OC(C)C.CCC(C)(C)C(=O)OCCOC(=O)C(F)(F)CC(F)(F)C(=O)OC1CCCCC1. The number of halogens is 8. The van der Waals surface area contributed by atoms with Crippen LogP contribution < -0.4 is 0 Å². The van der Waals surface area contributed by atoms with Crippen molar-refractivity contribution in [3.05, 3.63) is 0 Å². The molecule has 1 aliphatic rings. The van der Waals surface area contributed by atoms with Crippen LogP contribution in [0.3, 0.4) is 0 Å². The van der Waals surface area contributed by atoms with E-state index >= 15 is 0 Å². The lowest BCUT2D eigenvalue weighted by molar-refractivity contribution is -0.201. The van der Waals surface area contributed by atoms with E-state index in [9.17, 15) is 63.9 Å². The molecule has 0 heterocycles. The Morgan fingerprint density at radius 1 is 0.509 bits per heavy atom. The third-order valence-corrected chi connectivity index (χ3v) is 8.22. The molecule has 20 heteroatoms.